The normalized spacial score (nSPS) is 11.8. The zero-order chi connectivity index (χ0) is 13.0. The minimum atomic E-state index is -0.541. The van der Waals surface area contributed by atoms with E-state index >= 15 is 0 Å². The Hall–Kier alpha value is -1.49. The summed E-state index contributed by atoms with van der Waals surface area (Å²) in [6, 6.07) is 6.33. The fraction of sp³-hybridized carbons (Fsp3) is 0.333. The lowest BCUT2D eigenvalue weighted by molar-refractivity contribution is -0.130. The van der Waals surface area contributed by atoms with Gasteiger partial charge in [-0.05, 0) is 25.1 Å². The van der Waals surface area contributed by atoms with E-state index in [-0.39, 0.29) is 11.8 Å². The van der Waals surface area contributed by atoms with Gasteiger partial charge < -0.3 is 10.2 Å². The lowest BCUT2D eigenvalue weighted by Gasteiger charge is -2.18. The fourth-order valence-electron chi connectivity index (χ4n) is 1.38. The number of nitrogens with one attached hydrogen (secondary N) is 1. The van der Waals surface area contributed by atoms with Crippen molar-refractivity contribution in [2.24, 2.45) is 0 Å². The number of thiol groups is 1. The molecule has 0 spiro atoms. The summed E-state index contributed by atoms with van der Waals surface area (Å²) in [6.07, 6.45) is 0. The molecule has 5 heteroatoms. The number of hydrogen-bond acceptors (Lipinski definition) is 3. The molecule has 0 heterocycles. The highest BCUT2D eigenvalue weighted by Crippen LogP contribution is 2.08. The number of benzene rings is 1. The monoisotopic (exact) mass is 252 g/mol. The summed E-state index contributed by atoms with van der Waals surface area (Å²) in [5.74, 6) is -0.413. The molecule has 0 saturated carbocycles. The summed E-state index contributed by atoms with van der Waals surface area (Å²) in [4.78, 5) is 25.5. The molecule has 1 atom stereocenters. The first-order valence-electron chi connectivity index (χ1n) is 5.23. The quantitative estimate of drug-likeness (QED) is 0.794. The maximum Gasteiger partial charge on any atom is 0.251 e. The first-order chi connectivity index (χ1) is 7.91. The number of nitrogens with zero attached hydrogens (tertiary/aromatic N) is 1. The lowest BCUT2D eigenvalue weighted by Crippen LogP contribution is -2.44. The Labute approximate surface area is 106 Å². The predicted molar refractivity (Wildman–Crippen MR) is 69.3 cm³/mol. The first kappa shape index (κ1) is 13.6. The Balaban J connectivity index is 2.70. The van der Waals surface area contributed by atoms with Gasteiger partial charge in [0.05, 0.1) is 0 Å². The minimum absolute atomic E-state index is 0.139. The smallest absolute Gasteiger partial charge is 0.251 e. The van der Waals surface area contributed by atoms with E-state index in [2.05, 4.69) is 17.9 Å². The van der Waals surface area contributed by atoms with Crippen molar-refractivity contribution in [3.63, 3.8) is 0 Å². The van der Waals surface area contributed by atoms with Crippen LogP contribution in [0.5, 0.6) is 0 Å². The topological polar surface area (TPSA) is 49.4 Å². The lowest BCUT2D eigenvalue weighted by atomic mass is 10.2. The van der Waals surface area contributed by atoms with Gasteiger partial charge in [0.25, 0.3) is 5.91 Å². The average molecular weight is 252 g/mol. The molecule has 2 amide bonds. The van der Waals surface area contributed by atoms with E-state index in [0.29, 0.717) is 10.5 Å². The third-order valence-electron chi connectivity index (χ3n) is 2.27. The van der Waals surface area contributed by atoms with Crippen molar-refractivity contribution in [3.05, 3.63) is 29.8 Å². The van der Waals surface area contributed by atoms with Crippen LogP contribution in [0.4, 0.5) is 0 Å². The van der Waals surface area contributed by atoms with Crippen LogP contribution >= 0.6 is 12.6 Å². The van der Waals surface area contributed by atoms with Crippen molar-refractivity contribution < 1.29 is 9.59 Å². The van der Waals surface area contributed by atoms with Crippen molar-refractivity contribution in [1.29, 1.82) is 0 Å². The molecule has 92 valence electrons. The van der Waals surface area contributed by atoms with Gasteiger partial charge in [0, 0.05) is 24.6 Å². The highest BCUT2D eigenvalue weighted by Gasteiger charge is 2.17. The SMILES string of the molecule is CC(NC(=O)c1cccc(S)c1)C(=O)N(C)C. The van der Waals surface area contributed by atoms with E-state index in [9.17, 15) is 9.59 Å². The van der Waals surface area contributed by atoms with E-state index in [4.69, 9.17) is 0 Å². The number of likely N-dealkylation sites (N-methyl/N-ethyl adjacent to an activating group) is 1. The van der Waals surface area contributed by atoms with Crippen molar-refractivity contribution >= 4 is 24.4 Å². The summed E-state index contributed by atoms with van der Waals surface area (Å²) >= 11 is 4.16. The van der Waals surface area contributed by atoms with Crippen molar-refractivity contribution in [3.8, 4) is 0 Å². The highest BCUT2D eigenvalue weighted by atomic mass is 32.1. The highest BCUT2D eigenvalue weighted by molar-refractivity contribution is 7.80. The molecule has 1 rings (SSSR count). The Bertz CT molecular complexity index is 432. The van der Waals surface area contributed by atoms with Gasteiger partial charge in [-0.2, -0.15) is 0 Å². The second kappa shape index (κ2) is 5.72. The molecule has 1 unspecified atom stereocenters. The minimum Gasteiger partial charge on any atom is -0.347 e. The number of amides is 2. The fourth-order valence-corrected chi connectivity index (χ4v) is 1.60. The summed E-state index contributed by atoms with van der Waals surface area (Å²) in [6.45, 7) is 1.66. The van der Waals surface area contributed by atoms with E-state index in [1.807, 2.05) is 0 Å². The molecule has 17 heavy (non-hydrogen) atoms. The number of carbonyl (C=O) groups is 2. The molecule has 0 saturated heterocycles. The van der Waals surface area contributed by atoms with Crippen LogP contribution < -0.4 is 5.32 Å². The Kier molecular flexibility index (Phi) is 4.57. The van der Waals surface area contributed by atoms with E-state index in [1.165, 1.54) is 4.90 Å². The van der Waals surface area contributed by atoms with Gasteiger partial charge in [0.15, 0.2) is 0 Å². The molecule has 0 aliphatic rings. The molecule has 1 aromatic carbocycles. The molecule has 0 aliphatic heterocycles. The van der Waals surface area contributed by atoms with Gasteiger partial charge in [0.2, 0.25) is 5.91 Å². The molecule has 1 N–H and O–H groups in total. The largest absolute Gasteiger partial charge is 0.347 e. The maximum atomic E-state index is 11.8. The second-order valence-electron chi connectivity index (χ2n) is 3.98. The van der Waals surface area contributed by atoms with Gasteiger partial charge in [-0.3, -0.25) is 9.59 Å². The predicted octanol–water partition coefficient (Wildman–Crippen LogP) is 1.18. The van der Waals surface area contributed by atoms with Gasteiger partial charge in [-0.1, -0.05) is 6.07 Å². The first-order valence-corrected chi connectivity index (χ1v) is 5.67. The van der Waals surface area contributed by atoms with Crippen LogP contribution in [0.15, 0.2) is 29.2 Å². The van der Waals surface area contributed by atoms with Gasteiger partial charge in [-0.15, -0.1) is 12.6 Å². The maximum absolute atomic E-state index is 11.8. The molecule has 0 aromatic heterocycles. The molecule has 4 nitrogen and oxygen atoms in total. The summed E-state index contributed by atoms with van der Waals surface area (Å²) in [5, 5.41) is 2.64. The third-order valence-corrected chi connectivity index (χ3v) is 2.55. The molecular weight excluding hydrogens is 236 g/mol. The number of hydrogen-bond donors (Lipinski definition) is 2. The Morgan fingerprint density at radius 2 is 2.00 bits per heavy atom. The van der Waals surface area contributed by atoms with Crippen molar-refractivity contribution in [2.45, 2.75) is 17.9 Å². The zero-order valence-electron chi connectivity index (χ0n) is 10.1. The van der Waals surface area contributed by atoms with Crippen LogP contribution in [0.25, 0.3) is 0 Å². The van der Waals surface area contributed by atoms with Crippen LogP contribution in [0.3, 0.4) is 0 Å². The molecule has 0 fully saturated rings. The van der Waals surface area contributed by atoms with Crippen molar-refractivity contribution in [1.82, 2.24) is 10.2 Å². The van der Waals surface area contributed by atoms with E-state index in [0.717, 1.165) is 0 Å². The standard InChI is InChI=1S/C12H16N2O2S/c1-8(12(16)14(2)3)13-11(15)9-5-4-6-10(17)7-9/h4-8,17H,1-3H3,(H,13,15). The number of rotatable bonds is 3. The Morgan fingerprint density at radius 3 is 2.53 bits per heavy atom. The number of carbonyl (C=O) groups excluding carboxylic acids is 2. The van der Waals surface area contributed by atoms with Gasteiger partial charge in [-0.25, -0.2) is 0 Å². The Morgan fingerprint density at radius 1 is 1.35 bits per heavy atom. The molecule has 0 aliphatic carbocycles. The van der Waals surface area contributed by atoms with Crippen LogP contribution in [-0.2, 0) is 4.79 Å². The van der Waals surface area contributed by atoms with E-state index in [1.54, 1.807) is 45.3 Å². The van der Waals surface area contributed by atoms with Gasteiger partial charge in [0.1, 0.15) is 6.04 Å². The van der Waals surface area contributed by atoms with Crippen LogP contribution in [-0.4, -0.2) is 36.9 Å². The molecule has 0 radical (unpaired) electrons. The molecular formula is C12H16N2O2S. The third kappa shape index (κ3) is 3.78. The summed E-state index contributed by atoms with van der Waals surface area (Å²) in [7, 11) is 3.30. The van der Waals surface area contributed by atoms with Crippen LogP contribution in [0.1, 0.15) is 17.3 Å². The molecule has 1 aromatic rings. The summed E-state index contributed by atoms with van der Waals surface area (Å²) < 4.78 is 0. The van der Waals surface area contributed by atoms with E-state index < -0.39 is 6.04 Å². The molecule has 0 bridgehead atoms. The second-order valence-corrected chi connectivity index (χ2v) is 4.49. The summed E-state index contributed by atoms with van der Waals surface area (Å²) in [5.41, 5.74) is 0.496. The average Bonchev–Trinajstić information content (AvgIpc) is 2.27. The van der Waals surface area contributed by atoms with Crippen LogP contribution in [0.2, 0.25) is 0 Å². The zero-order valence-corrected chi connectivity index (χ0v) is 11.0. The van der Waals surface area contributed by atoms with Crippen LogP contribution in [0, 0.1) is 0 Å². The van der Waals surface area contributed by atoms with Gasteiger partial charge >= 0.3 is 0 Å². The van der Waals surface area contributed by atoms with Crippen molar-refractivity contribution in [2.75, 3.05) is 14.1 Å².